The van der Waals surface area contributed by atoms with Gasteiger partial charge in [-0.2, -0.15) is 11.8 Å². The van der Waals surface area contributed by atoms with Crippen molar-refractivity contribution in [3.63, 3.8) is 0 Å². The minimum Gasteiger partial charge on any atom is -0.369 e. The van der Waals surface area contributed by atoms with Crippen LogP contribution in [0.15, 0.2) is 18.5 Å². The average Bonchev–Trinajstić information content (AvgIpc) is 2.35. The van der Waals surface area contributed by atoms with Gasteiger partial charge in [-0.15, -0.1) is 0 Å². The molecule has 0 aliphatic carbocycles. The highest BCUT2D eigenvalue weighted by atomic mass is 32.2. The van der Waals surface area contributed by atoms with E-state index in [9.17, 15) is 0 Å². The molecule has 2 rings (SSSR count). The number of pyridine rings is 1. The van der Waals surface area contributed by atoms with Crippen molar-refractivity contribution in [2.45, 2.75) is 37.8 Å². The molecule has 0 bridgehead atoms. The second-order valence-electron chi connectivity index (χ2n) is 4.95. The van der Waals surface area contributed by atoms with Crippen molar-refractivity contribution in [3.05, 3.63) is 24.0 Å². The van der Waals surface area contributed by atoms with Crippen LogP contribution >= 0.6 is 11.8 Å². The van der Waals surface area contributed by atoms with Gasteiger partial charge in [-0.1, -0.05) is 20.8 Å². The lowest BCUT2D eigenvalue weighted by Gasteiger charge is -2.37. The summed E-state index contributed by atoms with van der Waals surface area (Å²) < 4.78 is 0. The number of aromatic nitrogens is 1. The predicted molar refractivity (Wildman–Crippen MR) is 80.3 cm³/mol. The molecule has 100 valence electrons. The molecule has 0 radical (unpaired) electrons. The Morgan fingerprint density at radius 3 is 2.78 bits per heavy atom. The maximum atomic E-state index is 4.26. The SMILES string of the molecule is CCNCc1cnccc1N1CC(C)SC(C)C1. The third-order valence-corrected chi connectivity index (χ3v) is 4.43. The molecule has 1 aliphatic rings. The van der Waals surface area contributed by atoms with E-state index in [2.05, 4.69) is 53.8 Å². The molecule has 2 atom stereocenters. The number of nitrogens with zero attached hydrogens (tertiary/aromatic N) is 2. The monoisotopic (exact) mass is 265 g/mol. The number of hydrogen-bond acceptors (Lipinski definition) is 4. The molecule has 1 N–H and O–H groups in total. The van der Waals surface area contributed by atoms with Crippen molar-refractivity contribution in [2.75, 3.05) is 24.5 Å². The van der Waals surface area contributed by atoms with Crippen LogP contribution in [0.5, 0.6) is 0 Å². The summed E-state index contributed by atoms with van der Waals surface area (Å²) in [5.41, 5.74) is 2.66. The molecule has 3 nitrogen and oxygen atoms in total. The quantitative estimate of drug-likeness (QED) is 0.905. The van der Waals surface area contributed by atoms with Crippen LogP contribution in [0.3, 0.4) is 0 Å². The molecule has 1 aromatic heterocycles. The lowest BCUT2D eigenvalue weighted by molar-refractivity contribution is 0.698. The Balaban J connectivity index is 2.15. The van der Waals surface area contributed by atoms with E-state index in [1.54, 1.807) is 0 Å². The molecule has 2 heterocycles. The van der Waals surface area contributed by atoms with Crippen molar-refractivity contribution in [1.82, 2.24) is 10.3 Å². The zero-order valence-corrected chi connectivity index (χ0v) is 12.3. The van der Waals surface area contributed by atoms with Gasteiger partial charge in [0, 0.05) is 53.8 Å². The van der Waals surface area contributed by atoms with Crippen molar-refractivity contribution in [3.8, 4) is 0 Å². The highest BCUT2D eigenvalue weighted by Crippen LogP contribution is 2.30. The first-order chi connectivity index (χ1) is 8.70. The van der Waals surface area contributed by atoms with Crippen LogP contribution in [0.4, 0.5) is 5.69 Å². The normalized spacial score (nSPS) is 24.3. The van der Waals surface area contributed by atoms with Gasteiger partial charge in [-0.3, -0.25) is 4.98 Å². The smallest absolute Gasteiger partial charge is 0.0443 e. The van der Waals surface area contributed by atoms with Crippen LogP contribution in [0.2, 0.25) is 0 Å². The molecule has 1 saturated heterocycles. The second kappa shape index (κ2) is 6.43. The number of thioether (sulfide) groups is 1. The van der Waals surface area contributed by atoms with Gasteiger partial charge in [0.15, 0.2) is 0 Å². The van der Waals surface area contributed by atoms with E-state index >= 15 is 0 Å². The van der Waals surface area contributed by atoms with E-state index in [4.69, 9.17) is 0 Å². The summed E-state index contributed by atoms with van der Waals surface area (Å²) >= 11 is 2.09. The van der Waals surface area contributed by atoms with Gasteiger partial charge in [0.1, 0.15) is 0 Å². The Kier molecular flexibility index (Phi) is 4.89. The maximum absolute atomic E-state index is 4.26. The second-order valence-corrected chi connectivity index (χ2v) is 6.83. The molecule has 0 spiro atoms. The van der Waals surface area contributed by atoms with Gasteiger partial charge in [-0.25, -0.2) is 0 Å². The highest BCUT2D eigenvalue weighted by molar-refractivity contribution is 8.00. The van der Waals surface area contributed by atoms with Gasteiger partial charge in [0.25, 0.3) is 0 Å². The lowest BCUT2D eigenvalue weighted by Crippen LogP contribution is -2.41. The summed E-state index contributed by atoms with van der Waals surface area (Å²) in [5.74, 6) is 0. The molecule has 4 heteroatoms. The van der Waals surface area contributed by atoms with Crippen molar-refractivity contribution >= 4 is 17.4 Å². The predicted octanol–water partition coefficient (Wildman–Crippen LogP) is 2.52. The molecule has 1 aliphatic heterocycles. The fraction of sp³-hybridized carbons (Fsp3) is 0.643. The van der Waals surface area contributed by atoms with Gasteiger partial charge >= 0.3 is 0 Å². The minimum atomic E-state index is 0.703. The topological polar surface area (TPSA) is 28.2 Å². The summed E-state index contributed by atoms with van der Waals surface area (Å²) in [5, 5.41) is 4.80. The van der Waals surface area contributed by atoms with Crippen LogP contribution in [0, 0.1) is 0 Å². The Hall–Kier alpha value is -0.740. The van der Waals surface area contributed by atoms with E-state index in [0.717, 1.165) is 26.2 Å². The van der Waals surface area contributed by atoms with E-state index < -0.39 is 0 Å². The molecule has 0 aromatic carbocycles. The molecule has 0 saturated carbocycles. The molecular formula is C14H23N3S. The molecule has 0 amide bonds. The number of rotatable bonds is 4. The highest BCUT2D eigenvalue weighted by Gasteiger charge is 2.23. The standard InChI is InChI=1S/C14H23N3S/c1-4-15-7-13-8-16-6-5-14(13)17-9-11(2)18-12(3)10-17/h5-6,8,11-12,15H,4,7,9-10H2,1-3H3. The molecular weight excluding hydrogens is 242 g/mol. The van der Waals surface area contributed by atoms with Crippen LogP contribution in [-0.2, 0) is 6.54 Å². The summed E-state index contributed by atoms with van der Waals surface area (Å²) in [6, 6.07) is 2.15. The van der Waals surface area contributed by atoms with E-state index in [0.29, 0.717) is 10.5 Å². The Morgan fingerprint density at radius 2 is 2.11 bits per heavy atom. The Labute approximate surface area is 114 Å². The first-order valence-electron chi connectivity index (χ1n) is 6.74. The van der Waals surface area contributed by atoms with E-state index in [1.807, 2.05) is 12.4 Å². The summed E-state index contributed by atoms with van der Waals surface area (Å²) in [4.78, 5) is 6.77. The van der Waals surface area contributed by atoms with Crippen LogP contribution in [0.25, 0.3) is 0 Å². The van der Waals surface area contributed by atoms with E-state index in [1.165, 1.54) is 11.3 Å². The van der Waals surface area contributed by atoms with Gasteiger partial charge < -0.3 is 10.2 Å². The zero-order valence-electron chi connectivity index (χ0n) is 11.5. The minimum absolute atomic E-state index is 0.703. The number of nitrogens with one attached hydrogen (secondary N) is 1. The summed E-state index contributed by atoms with van der Waals surface area (Å²) in [6.07, 6.45) is 3.90. The molecule has 1 aromatic rings. The van der Waals surface area contributed by atoms with Crippen LogP contribution in [-0.4, -0.2) is 35.1 Å². The Bertz CT molecular complexity index is 373. The fourth-order valence-electron chi connectivity index (χ4n) is 2.50. The number of hydrogen-bond donors (Lipinski definition) is 1. The van der Waals surface area contributed by atoms with Crippen molar-refractivity contribution in [1.29, 1.82) is 0 Å². The lowest BCUT2D eigenvalue weighted by atomic mass is 10.2. The Morgan fingerprint density at radius 1 is 1.39 bits per heavy atom. The molecule has 18 heavy (non-hydrogen) atoms. The van der Waals surface area contributed by atoms with Crippen LogP contribution in [0.1, 0.15) is 26.3 Å². The molecule has 2 unspecified atom stereocenters. The summed E-state index contributed by atoms with van der Waals surface area (Å²) in [7, 11) is 0. The van der Waals surface area contributed by atoms with Gasteiger partial charge in [0.05, 0.1) is 0 Å². The van der Waals surface area contributed by atoms with Crippen LogP contribution < -0.4 is 10.2 Å². The fourth-order valence-corrected chi connectivity index (χ4v) is 3.82. The average molecular weight is 265 g/mol. The van der Waals surface area contributed by atoms with Crippen molar-refractivity contribution in [2.24, 2.45) is 0 Å². The third kappa shape index (κ3) is 3.39. The first kappa shape index (κ1) is 13.7. The van der Waals surface area contributed by atoms with Gasteiger partial charge in [0.2, 0.25) is 0 Å². The number of anilines is 1. The van der Waals surface area contributed by atoms with Crippen molar-refractivity contribution < 1.29 is 0 Å². The maximum Gasteiger partial charge on any atom is 0.0443 e. The first-order valence-corrected chi connectivity index (χ1v) is 7.69. The largest absolute Gasteiger partial charge is 0.369 e. The summed E-state index contributed by atoms with van der Waals surface area (Å²) in [6.45, 7) is 11.0. The van der Waals surface area contributed by atoms with E-state index in [-0.39, 0.29) is 0 Å². The molecule has 1 fully saturated rings. The van der Waals surface area contributed by atoms with Gasteiger partial charge in [-0.05, 0) is 12.6 Å². The zero-order chi connectivity index (χ0) is 13.0. The third-order valence-electron chi connectivity index (χ3n) is 3.20.